The van der Waals surface area contributed by atoms with Crippen molar-refractivity contribution in [3.05, 3.63) is 64.1 Å². The molecule has 8 nitrogen and oxygen atoms in total. The normalized spacial score (nSPS) is 19.8. The molecule has 0 saturated heterocycles. The maximum Gasteiger partial charge on any atom is 0.252 e. The van der Waals surface area contributed by atoms with Gasteiger partial charge in [0.15, 0.2) is 5.54 Å². The summed E-state index contributed by atoms with van der Waals surface area (Å²) < 4.78 is 12.5. The van der Waals surface area contributed by atoms with Crippen LogP contribution in [0, 0.1) is 0 Å². The fraction of sp³-hybridized carbons (Fsp3) is 0.417. The minimum absolute atomic E-state index is 0.0660. The van der Waals surface area contributed by atoms with Crippen LogP contribution in [0.1, 0.15) is 24.5 Å². The molecule has 2 aromatic carbocycles. The number of nitrogens with zero attached hydrogens (tertiary/aromatic N) is 1. The summed E-state index contributed by atoms with van der Waals surface area (Å²) in [5, 5.41) is 30.5. The molecule has 0 saturated carbocycles. The molecule has 1 amide bonds. The number of carbonyl (C=O) groups excluding carboxylic acids is 1. The van der Waals surface area contributed by atoms with Gasteiger partial charge in [0, 0.05) is 29.5 Å². The number of halogens is 1. The van der Waals surface area contributed by atoms with Crippen molar-refractivity contribution in [3.63, 3.8) is 0 Å². The summed E-state index contributed by atoms with van der Waals surface area (Å²) in [6, 6.07) is 14.0. The van der Waals surface area contributed by atoms with Gasteiger partial charge in [-0.3, -0.25) is 4.79 Å². The van der Waals surface area contributed by atoms with Gasteiger partial charge in [0.2, 0.25) is 5.90 Å². The van der Waals surface area contributed by atoms with Crippen molar-refractivity contribution in [1.29, 1.82) is 0 Å². The monoisotopic (exact) mass is 520 g/mol. The lowest BCUT2D eigenvalue weighted by Gasteiger charge is -2.29. The standard InChI is InChI=1S/C24H29BrN2O6/c1-16-24(23(31)26-20(14-29)15-30,13-17-3-7-19(25)8-4-17)27-22(33-16)18-5-9-21(10-6-18)32-12-2-11-28/h3-10,16,20,28-30H,2,11-15H2,1H3,(H,26,31)/t16-,24-/m1/s1. The van der Waals surface area contributed by atoms with Crippen LogP contribution in [-0.4, -0.2) is 71.2 Å². The highest BCUT2D eigenvalue weighted by Crippen LogP contribution is 2.33. The van der Waals surface area contributed by atoms with Gasteiger partial charge < -0.3 is 30.1 Å². The summed E-state index contributed by atoms with van der Waals surface area (Å²) in [5.74, 6) is 0.567. The number of hydrogen-bond donors (Lipinski definition) is 4. The van der Waals surface area contributed by atoms with Crippen molar-refractivity contribution in [1.82, 2.24) is 5.32 Å². The van der Waals surface area contributed by atoms with Crippen LogP contribution in [0.5, 0.6) is 5.75 Å². The summed E-state index contributed by atoms with van der Waals surface area (Å²) in [6.07, 6.45) is 0.239. The van der Waals surface area contributed by atoms with Gasteiger partial charge in [0.05, 0.1) is 25.9 Å². The molecule has 2 atom stereocenters. The molecule has 1 aliphatic rings. The molecule has 0 unspecified atom stereocenters. The van der Waals surface area contributed by atoms with Crippen LogP contribution in [0.3, 0.4) is 0 Å². The topological polar surface area (TPSA) is 121 Å². The van der Waals surface area contributed by atoms with Crippen LogP contribution in [0.4, 0.5) is 0 Å². The lowest BCUT2D eigenvalue weighted by Crippen LogP contribution is -2.56. The second-order valence-corrected chi connectivity index (χ2v) is 8.81. The highest BCUT2D eigenvalue weighted by atomic mass is 79.9. The van der Waals surface area contributed by atoms with Crippen molar-refractivity contribution in [2.75, 3.05) is 26.4 Å². The van der Waals surface area contributed by atoms with Crippen LogP contribution in [0.2, 0.25) is 0 Å². The van der Waals surface area contributed by atoms with Gasteiger partial charge in [-0.2, -0.15) is 0 Å². The Hall–Kier alpha value is -2.46. The Balaban J connectivity index is 1.90. The summed E-state index contributed by atoms with van der Waals surface area (Å²) in [4.78, 5) is 18.1. The Morgan fingerprint density at radius 3 is 2.42 bits per heavy atom. The Morgan fingerprint density at radius 1 is 1.15 bits per heavy atom. The molecule has 0 aromatic heterocycles. The van der Waals surface area contributed by atoms with E-state index in [1.807, 2.05) is 24.3 Å². The third-order valence-electron chi connectivity index (χ3n) is 5.49. The fourth-order valence-electron chi connectivity index (χ4n) is 3.52. The van der Waals surface area contributed by atoms with Crippen LogP contribution in [0.15, 0.2) is 58.0 Å². The molecule has 9 heteroatoms. The van der Waals surface area contributed by atoms with E-state index in [1.54, 1.807) is 31.2 Å². The predicted molar refractivity (Wildman–Crippen MR) is 127 cm³/mol. The molecule has 0 aliphatic carbocycles. The third-order valence-corrected chi connectivity index (χ3v) is 6.02. The van der Waals surface area contributed by atoms with Crippen molar-refractivity contribution in [2.24, 2.45) is 4.99 Å². The number of aliphatic hydroxyl groups excluding tert-OH is 3. The largest absolute Gasteiger partial charge is 0.494 e. The maximum absolute atomic E-state index is 13.4. The number of aliphatic imine (C=N–C) groups is 1. The van der Waals surface area contributed by atoms with Gasteiger partial charge in [-0.05, 0) is 48.9 Å². The first-order valence-corrected chi connectivity index (χ1v) is 11.6. The van der Waals surface area contributed by atoms with Crippen molar-refractivity contribution in [3.8, 4) is 5.75 Å². The summed E-state index contributed by atoms with van der Waals surface area (Å²) in [5.41, 5.74) is 0.316. The Kier molecular flexibility index (Phi) is 8.85. The minimum atomic E-state index is -1.28. The van der Waals surface area contributed by atoms with E-state index in [-0.39, 0.29) is 26.2 Å². The highest BCUT2D eigenvalue weighted by Gasteiger charge is 2.50. The quantitative estimate of drug-likeness (QED) is 0.335. The van der Waals surface area contributed by atoms with E-state index in [9.17, 15) is 15.0 Å². The molecule has 2 aromatic rings. The molecule has 0 bridgehead atoms. The van der Waals surface area contributed by atoms with E-state index in [4.69, 9.17) is 19.6 Å². The van der Waals surface area contributed by atoms with Gasteiger partial charge in [-0.15, -0.1) is 0 Å². The lowest BCUT2D eigenvalue weighted by molar-refractivity contribution is -0.129. The van der Waals surface area contributed by atoms with Gasteiger partial charge in [0.25, 0.3) is 5.91 Å². The Labute approximate surface area is 201 Å². The van der Waals surface area contributed by atoms with Crippen LogP contribution >= 0.6 is 15.9 Å². The maximum atomic E-state index is 13.4. The molecule has 0 radical (unpaired) electrons. The molecule has 4 N–H and O–H groups in total. The zero-order valence-corrected chi connectivity index (χ0v) is 20.0. The third kappa shape index (κ3) is 6.11. The first kappa shape index (κ1) is 25.2. The van der Waals surface area contributed by atoms with E-state index in [0.717, 1.165) is 10.0 Å². The molecule has 33 heavy (non-hydrogen) atoms. The zero-order chi connectivity index (χ0) is 23.8. The number of ether oxygens (including phenoxy) is 2. The van der Waals surface area contributed by atoms with E-state index in [0.29, 0.717) is 30.2 Å². The molecule has 3 rings (SSSR count). The number of benzene rings is 2. The Bertz CT molecular complexity index is 946. The first-order chi connectivity index (χ1) is 15.9. The lowest BCUT2D eigenvalue weighted by atomic mass is 9.85. The van der Waals surface area contributed by atoms with Gasteiger partial charge in [-0.1, -0.05) is 28.1 Å². The van der Waals surface area contributed by atoms with E-state index in [1.165, 1.54) is 0 Å². The molecular weight excluding hydrogens is 492 g/mol. The number of amides is 1. The van der Waals surface area contributed by atoms with Crippen LogP contribution in [0.25, 0.3) is 0 Å². The number of aliphatic hydroxyl groups is 3. The summed E-state index contributed by atoms with van der Waals surface area (Å²) in [6.45, 7) is 1.49. The Morgan fingerprint density at radius 2 is 1.82 bits per heavy atom. The number of carbonyl (C=O) groups is 1. The molecular formula is C24H29BrN2O6. The minimum Gasteiger partial charge on any atom is -0.494 e. The van der Waals surface area contributed by atoms with Crippen LogP contribution in [-0.2, 0) is 16.0 Å². The van der Waals surface area contributed by atoms with Crippen LogP contribution < -0.4 is 10.1 Å². The van der Waals surface area contributed by atoms with Crippen molar-refractivity contribution >= 4 is 27.7 Å². The van der Waals surface area contributed by atoms with Gasteiger partial charge >= 0.3 is 0 Å². The van der Waals surface area contributed by atoms with Crippen molar-refractivity contribution < 1.29 is 29.6 Å². The second kappa shape index (κ2) is 11.6. The number of hydrogen-bond acceptors (Lipinski definition) is 7. The van der Waals surface area contributed by atoms with E-state index < -0.39 is 23.6 Å². The highest BCUT2D eigenvalue weighted by molar-refractivity contribution is 9.10. The molecule has 178 valence electrons. The van der Waals surface area contributed by atoms with Gasteiger partial charge in [-0.25, -0.2) is 4.99 Å². The first-order valence-electron chi connectivity index (χ1n) is 10.8. The second-order valence-electron chi connectivity index (χ2n) is 7.89. The molecule has 0 spiro atoms. The number of nitrogens with one attached hydrogen (secondary N) is 1. The van der Waals surface area contributed by atoms with Crippen molar-refractivity contribution in [2.45, 2.75) is 37.5 Å². The van der Waals surface area contributed by atoms with Gasteiger partial charge in [0.1, 0.15) is 11.9 Å². The molecule has 1 heterocycles. The average Bonchev–Trinajstić information content (AvgIpc) is 3.16. The molecule has 1 aliphatic heterocycles. The van der Waals surface area contributed by atoms with E-state index in [2.05, 4.69) is 21.2 Å². The molecule has 0 fully saturated rings. The smallest absolute Gasteiger partial charge is 0.252 e. The summed E-state index contributed by atoms with van der Waals surface area (Å²) in [7, 11) is 0. The predicted octanol–water partition coefficient (Wildman–Crippen LogP) is 1.83. The SMILES string of the molecule is C[C@H]1OC(c2ccc(OCCCO)cc2)=N[C@@]1(Cc1ccc(Br)cc1)C(=O)NC(CO)CO. The van der Waals surface area contributed by atoms with E-state index >= 15 is 0 Å². The number of rotatable bonds is 11. The zero-order valence-electron chi connectivity index (χ0n) is 18.4. The average molecular weight is 521 g/mol. The summed E-state index contributed by atoms with van der Waals surface area (Å²) >= 11 is 3.42. The fourth-order valence-corrected chi connectivity index (χ4v) is 3.78.